The van der Waals surface area contributed by atoms with Crippen LogP contribution in [0.1, 0.15) is 56.6 Å². The van der Waals surface area contributed by atoms with Crippen LogP contribution in [0.2, 0.25) is 0 Å². The molecule has 1 heterocycles. The molecule has 2 saturated carbocycles. The highest BCUT2D eigenvalue weighted by atomic mass is 16.1. The number of carbonyl (C=O) groups excluding carboxylic acids is 1. The molecule has 1 unspecified atom stereocenters. The molecule has 6 heteroatoms. The van der Waals surface area contributed by atoms with Gasteiger partial charge in [0.25, 0.3) is 0 Å². The molecule has 1 atom stereocenters. The zero-order valence-electron chi connectivity index (χ0n) is 11.5. The van der Waals surface area contributed by atoms with E-state index in [1.807, 2.05) is 0 Å². The van der Waals surface area contributed by atoms with Gasteiger partial charge < -0.3 is 5.73 Å². The summed E-state index contributed by atoms with van der Waals surface area (Å²) in [6.07, 6.45) is 8.91. The largest absolute Gasteiger partial charge is 0.369 e. The predicted octanol–water partition coefficient (Wildman–Crippen LogP) is 1.44. The molecule has 1 aromatic heterocycles. The molecule has 0 radical (unpaired) electrons. The van der Waals surface area contributed by atoms with Crippen LogP contribution in [0.4, 0.5) is 0 Å². The van der Waals surface area contributed by atoms with Gasteiger partial charge in [0, 0.05) is 0 Å². The van der Waals surface area contributed by atoms with Gasteiger partial charge in [0.05, 0.1) is 23.9 Å². The van der Waals surface area contributed by atoms with E-state index in [0.717, 1.165) is 38.5 Å². The fraction of sp³-hybridized carbons (Fsp3) is 0.714. The van der Waals surface area contributed by atoms with E-state index in [-0.39, 0.29) is 17.7 Å². The van der Waals surface area contributed by atoms with E-state index < -0.39 is 5.54 Å². The Morgan fingerprint density at radius 2 is 2.15 bits per heavy atom. The van der Waals surface area contributed by atoms with Crippen LogP contribution in [0.5, 0.6) is 0 Å². The van der Waals surface area contributed by atoms with Crippen molar-refractivity contribution in [3.63, 3.8) is 0 Å². The Balaban J connectivity index is 1.85. The highest BCUT2D eigenvalue weighted by Crippen LogP contribution is 2.43. The molecule has 2 fully saturated rings. The first kappa shape index (κ1) is 13.1. The van der Waals surface area contributed by atoms with Crippen molar-refractivity contribution in [1.29, 1.82) is 5.26 Å². The first-order chi connectivity index (χ1) is 9.66. The molecule has 2 aliphatic carbocycles. The normalized spacial score (nSPS) is 22.9. The van der Waals surface area contributed by atoms with Crippen LogP contribution in [-0.4, -0.2) is 20.9 Å². The smallest absolute Gasteiger partial charge is 0.226 e. The highest BCUT2D eigenvalue weighted by molar-refractivity contribution is 5.81. The van der Waals surface area contributed by atoms with Crippen molar-refractivity contribution in [2.45, 2.75) is 56.4 Å². The van der Waals surface area contributed by atoms with Crippen molar-refractivity contribution < 1.29 is 4.79 Å². The maximum absolute atomic E-state index is 11.8. The van der Waals surface area contributed by atoms with Gasteiger partial charge in [-0.1, -0.05) is 24.5 Å². The number of rotatable bonds is 4. The number of nitrogens with two attached hydrogens (primary N) is 1. The first-order valence-corrected chi connectivity index (χ1v) is 7.29. The monoisotopic (exact) mass is 273 g/mol. The third-order valence-electron chi connectivity index (χ3n) is 4.63. The Morgan fingerprint density at radius 3 is 2.70 bits per heavy atom. The molecule has 6 nitrogen and oxygen atoms in total. The average molecular weight is 273 g/mol. The quantitative estimate of drug-likeness (QED) is 0.897. The van der Waals surface area contributed by atoms with Gasteiger partial charge in [-0.2, -0.15) is 5.26 Å². The SMILES string of the molecule is N#CC1(n2cc(C(C(N)=O)C3CCCCC3)nn2)CC1. The fourth-order valence-electron chi connectivity index (χ4n) is 3.23. The Morgan fingerprint density at radius 1 is 1.45 bits per heavy atom. The molecular weight excluding hydrogens is 254 g/mol. The lowest BCUT2D eigenvalue weighted by Gasteiger charge is -2.26. The van der Waals surface area contributed by atoms with E-state index in [1.54, 1.807) is 10.9 Å². The van der Waals surface area contributed by atoms with E-state index in [4.69, 9.17) is 5.73 Å². The van der Waals surface area contributed by atoms with Crippen LogP contribution in [0.3, 0.4) is 0 Å². The third-order valence-corrected chi connectivity index (χ3v) is 4.63. The van der Waals surface area contributed by atoms with E-state index in [9.17, 15) is 10.1 Å². The Bertz CT molecular complexity index is 548. The number of nitrogens with zero attached hydrogens (tertiary/aromatic N) is 4. The number of hydrogen-bond acceptors (Lipinski definition) is 4. The molecule has 3 rings (SSSR count). The number of primary amides is 1. The lowest BCUT2D eigenvalue weighted by molar-refractivity contribution is -0.121. The molecule has 0 bridgehead atoms. The van der Waals surface area contributed by atoms with Crippen LogP contribution in [-0.2, 0) is 10.3 Å². The summed E-state index contributed by atoms with van der Waals surface area (Å²) in [6.45, 7) is 0. The van der Waals surface area contributed by atoms with Gasteiger partial charge in [0.15, 0.2) is 5.54 Å². The number of aromatic nitrogens is 3. The molecule has 0 spiro atoms. The van der Waals surface area contributed by atoms with E-state index >= 15 is 0 Å². The molecule has 0 saturated heterocycles. The Labute approximate surface area is 117 Å². The van der Waals surface area contributed by atoms with Gasteiger partial charge in [-0.05, 0) is 31.6 Å². The average Bonchev–Trinajstić information content (AvgIpc) is 3.12. The summed E-state index contributed by atoms with van der Waals surface area (Å²) in [5, 5.41) is 17.4. The summed E-state index contributed by atoms with van der Waals surface area (Å²) in [7, 11) is 0. The van der Waals surface area contributed by atoms with Crippen LogP contribution in [0, 0.1) is 17.2 Å². The number of nitriles is 1. The van der Waals surface area contributed by atoms with Gasteiger partial charge in [0.2, 0.25) is 5.91 Å². The second-order valence-electron chi connectivity index (χ2n) is 6.01. The maximum Gasteiger partial charge on any atom is 0.226 e. The summed E-state index contributed by atoms with van der Waals surface area (Å²) >= 11 is 0. The van der Waals surface area contributed by atoms with Crippen LogP contribution in [0.25, 0.3) is 0 Å². The second kappa shape index (κ2) is 4.89. The fourth-order valence-corrected chi connectivity index (χ4v) is 3.23. The van der Waals surface area contributed by atoms with Crippen molar-refractivity contribution in [1.82, 2.24) is 15.0 Å². The van der Waals surface area contributed by atoms with Gasteiger partial charge in [-0.25, -0.2) is 4.68 Å². The molecule has 20 heavy (non-hydrogen) atoms. The summed E-state index contributed by atoms with van der Waals surface area (Å²) < 4.78 is 1.61. The lowest BCUT2D eigenvalue weighted by atomic mass is 9.78. The summed E-state index contributed by atoms with van der Waals surface area (Å²) in [4.78, 5) is 11.8. The van der Waals surface area contributed by atoms with Crippen molar-refractivity contribution in [3.8, 4) is 6.07 Å². The molecule has 0 aliphatic heterocycles. The molecule has 2 N–H and O–H groups in total. The lowest BCUT2D eigenvalue weighted by Crippen LogP contribution is -2.29. The topological polar surface area (TPSA) is 97.6 Å². The Hall–Kier alpha value is -1.90. The predicted molar refractivity (Wildman–Crippen MR) is 71.4 cm³/mol. The molecule has 0 aromatic carbocycles. The molecule has 1 amide bonds. The van der Waals surface area contributed by atoms with Crippen molar-refractivity contribution in [3.05, 3.63) is 11.9 Å². The van der Waals surface area contributed by atoms with Gasteiger partial charge in [-0.3, -0.25) is 4.79 Å². The van der Waals surface area contributed by atoms with Gasteiger partial charge >= 0.3 is 0 Å². The second-order valence-corrected chi connectivity index (χ2v) is 6.01. The third kappa shape index (κ3) is 2.17. The zero-order chi connectivity index (χ0) is 14.2. The first-order valence-electron chi connectivity index (χ1n) is 7.29. The minimum Gasteiger partial charge on any atom is -0.369 e. The Kier molecular flexibility index (Phi) is 3.20. The van der Waals surface area contributed by atoms with Crippen LogP contribution in [0.15, 0.2) is 6.20 Å². The maximum atomic E-state index is 11.8. The number of carbonyl (C=O) groups is 1. The van der Waals surface area contributed by atoms with E-state index in [2.05, 4.69) is 16.4 Å². The minimum atomic E-state index is -0.528. The van der Waals surface area contributed by atoms with E-state index in [0.29, 0.717) is 5.69 Å². The number of hydrogen-bond donors (Lipinski definition) is 1. The summed E-state index contributed by atoms with van der Waals surface area (Å²) in [6, 6.07) is 2.27. The molecule has 106 valence electrons. The zero-order valence-corrected chi connectivity index (χ0v) is 11.5. The molecular formula is C14H19N5O. The standard InChI is InChI=1S/C14H19N5O/c15-9-14(6-7-14)19-8-11(17-18-19)12(13(16)20)10-4-2-1-3-5-10/h8,10,12H,1-7H2,(H2,16,20). The van der Waals surface area contributed by atoms with Gasteiger partial charge in [-0.15, -0.1) is 5.10 Å². The highest BCUT2D eigenvalue weighted by Gasteiger charge is 2.47. The molecule has 1 aromatic rings. The van der Waals surface area contributed by atoms with Crippen LogP contribution < -0.4 is 5.73 Å². The van der Waals surface area contributed by atoms with Crippen molar-refractivity contribution in [2.24, 2.45) is 11.7 Å². The number of amides is 1. The van der Waals surface area contributed by atoms with E-state index in [1.165, 1.54) is 6.42 Å². The minimum absolute atomic E-state index is 0.267. The molecule has 2 aliphatic rings. The summed E-state index contributed by atoms with van der Waals surface area (Å²) in [5.74, 6) is -0.423. The van der Waals surface area contributed by atoms with Gasteiger partial charge in [0.1, 0.15) is 0 Å². The van der Waals surface area contributed by atoms with Crippen molar-refractivity contribution in [2.75, 3.05) is 0 Å². The summed E-state index contributed by atoms with van der Waals surface area (Å²) in [5.41, 5.74) is 5.69. The van der Waals surface area contributed by atoms with Crippen LogP contribution >= 0.6 is 0 Å². The van der Waals surface area contributed by atoms with Crippen molar-refractivity contribution >= 4 is 5.91 Å².